The minimum absolute atomic E-state index is 0.249. The fraction of sp³-hybridized carbons (Fsp3) is 0.750. The zero-order valence-electron chi connectivity index (χ0n) is 18.0. The molecule has 0 aromatic heterocycles. The fourth-order valence-corrected chi connectivity index (χ4v) is 2.51. The van der Waals surface area contributed by atoms with Crippen LogP contribution in [0, 0.1) is 0 Å². The van der Waals surface area contributed by atoms with Crippen molar-refractivity contribution in [3.8, 4) is 0 Å². The summed E-state index contributed by atoms with van der Waals surface area (Å²) in [6.07, 6.45) is 9.34. The molecule has 0 fully saturated rings. The highest BCUT2D eigenvalue weighted by atomic mass is 16.4. The number of carboxylic acids is 4. The molecular weight excluding hydrogens is 412 g/mol. The van der Waals surface area contributed by atoms with Gasteiger partial charge in [-0.05, 0) is 6.42 Å². The Bertz CT molecular complexity index is 567. The Morgan fingerprint density at radius 2 is 1.16 bits per heavy atom. The topological polar surface area (TPSA) is 204 Å². The van der Waals surface area contributed by atoms with E-state index >= 15 is 0 Å². The third-order valence-electron chi connectivity index (χ3n) is 4.23. The summed E-state index contributed by atoms with van der Waals surface area (Å²) in [7, 11) is 0. The molecule has 31 heavy (non-hydrogen) atoms. The number of nitrogens with two attached hydrogens (primary N) is 1. The van der Waals surface area contributed by atoms with Gasteiger partial charge in [-0.25, -0.2) is 4.79 Å². The Kier molecular flexibility index (Phi) is 19.0. The van der Waals surface area contributed by atoms with Crippen LogP contribution >= 0.6 is 0 Å². The van der Waals surface area contributed by atoms with Gasteiger partial charge in [0, 0.05) is 6.42 Å². The molecule has 0 aliphatic heterocycles. The van der Waals surface area contributed by atoms with Crippen molar-refractivity contribution in [1.29, 1.82) is 0 Å². The van der Waals surface area contributed by atoms with Crippen molar-refractivity contribution in [2.24, 2.45) is 5.73 Å². The van der Waals surface area contributed by atoms with Crippen molar-refractivity contribution < 1.29 is 44.4 Å². The number of unbranched alkanes of at least 4 members (excludes halogenated alkanes) is 8. The summed E-state index contributed by atoms with van der Waals surface area (Å²) in [4.78, 5) is 52.5. The summed E-state index contributed by atoms with van der Waals surface area (Å²) in [5.41, 5.74) is 4.84. The summed E-state index contributed by atoms with van der Waals surface area (Å²) in [6.45, 7) is 2.19. The predicted octanol–water partition coefficient (Wildman–Crippen LogP) is 1.82. The van der Waals surface area contributed by atoms with Gasteiger partial charge >= 0.3 is 23.9 Å². The van der Waals surface area contributed by atoms with Gasteiger partial charge in [-0.2, -0.15) is 0 Å². The van der Waals surface area contributed by atoms with Crippen LogP contribution in [0.4, 0.5) is 0 Å². The molecule has 0 saturated carbocycles. The molecule has 0 rings (SSSR count). The van der Waals surface area contributed by atoms with E-state index in [0.717, 1.165) is 12.8 Å². The van der Waals surface area contributed by atoms with Crippen molar-refractivity contribution in [3.05, 3.63) is 0 Å². The number of nitrogens with one attached hydrogen (secondary N) is 1. The van der Waals surface area contributed by atoms with Crippen molar-refractivity contribution >= 4 is 29.8 Å². The van der Waals surface area contributed by atoms with E-state index in [1.54, 1.807) is 0 Å². The van der Waals surface area contributed by atoms with Gasteiger partial charge in [0.2, 0.25) is 5.91 Å². The summed E-state index contributed by atoms with van der Waals surface area (Å²) < 4.78 is 0. The third kappa shape index (κ3) is 21.8. The number of hydrogen-bond acceptors (Lipinski definition) is 6. The van der Waals surface area contributed by atoms with Crippen LogP contribution in [0.5, 0.6) is 0 Å². The van der Waals surface area contributed by atoms with Crippen molar-refractivity contribution in [2.45, 2.75) is 96.1 Å². The van der Waals surface area contributed by atoms with Crippen LogP contribution in [0.3, 0.4) is 0 Å². The second-order valence-corrected chi connectivity index (χ2v) is 7.18. The van der Waals surface area contributed by atoms with Crippen molar-refractivity contribution in [1.82, 2.24) is 5.32 Å². The molecule has 0 spiro atoms. The molecule has 0 aliphatic carbocycles. The Morgan fingerprint density at radius 3 is 1.52 bits per heavy atom. The number of rotatable bonds is 17. The smallest absolute Gasteiger partial charge is 0.326 e. The van der Waals surface area contributed by atoms with E-state index in [9.17, 15) is 24.0 Å². The lowest BCUT2D eigenvalue weighted by molar-refractivity contribution is -0.147. The molecule has 0 radical (unpaired) electrons. The zero-order chi connectivity index (χ0) is 24.2. The first-order chi connectivity index (χ1) is 14.5. The first-order valence-electron chi connectivity index (χ1n) is 10.4. The second-order valence-electron chi connectivity index (χ2n) is 7.18. The molecule has 11 heteroatoms. The van der Waals surface area contributed by atoms with Gasteiger partial charge in [0.05, 0.1) is 12.8 Å². The Labute approximate surface area is 182 Å². The predicted molar refractivity (Wildman–Crippen MR) is 112 cm³/mol. The van der Waals surface area contributed by atoms with Crippen molar-refractivity contribution in [2.75, 3.05) is 0 Å². The van der Waals surface area contributed by atoms with Gasteiger partial charge in [0.25, 0.3) is 0 Å². The van der Waals surface area contributed by atoms with Gasteiger partial charge in [-0.15, -0.1) is 0 Å². The molecule has 180 valence electrons. The van der Waals surface area contributed by atoms with Crippen LogP contribution < -0.4 is 11.1 Å². The number of hydrogen-bond donors (Lipinski definition) is 6. The highest BCUT2D eigenvalue weighted by Gasteiger charge is 2.22. The van der Waals surface area contributed by atoms with Gasteiger partial charge in [0.1, 0.15) is 12.1 Å². The molecule has 0 aromatic rings. The summed E-state index contributed by atoms with van der Waals surface area (Å²) in [5.74, 6) is -5.45. The Morgan fingerprint density at radius 1 is 0.710 bits per heavy atom. The minimum atomic E-state index is -1.34. The highest BCUT2D eigenvalue weighted by Crippen LogP contribution is 2.10. The lowest BCUT2D eigenvalue weighted by atomic mass is 10.1. The number of aliphatic carboxylic acids is 4. The largest absolute Gasteiger partial charge is 0.481 e. The van der Waals surface area contributed by atoms with E-state index in [1.165, 1.54) is 38.5 Å². The van der Waals surface area contributed by atoms with Gasteiger partial charge in [-0.1, -0.05) is 58.3 Å². The lowest BCUT2D eigenvalue weighted by Crippen LogP contribution is -2.42. The van der Waals surface area contributed by atoms with E-state index < -0.39 is 54.7 Å². The molecular formula is C20H36N2O9. The second kappa shape index (κ2) is 19.3. The number of carboxylic acid groups (broad SMARTS) is 4. The molecule has 2 unspecified atom stereocenters. The van der Waals surface area contributed by atoms with Crippen LogP contribution in [0.25, 0.3) is 0 Å². The van der Waals surface area contributed by atoms with Gasteiger partial charge < -0.3 is 31.5 Å². The molecule has 0 heterocycles. The molecule has 0 aliphatic rings. The lowest BCUT2D eigenvalue weighted by Gasteiger charge is -2.12. The van der Waals surface area contributed by atoms with E-state index in [0.29, 0.717) is 6.42 Å². The average molecular weight is 449 g/mol. The van der Waals surface area contributed by atoms with Crippen LogP contribution in [-0.4, -0.2) is 62.3 Å². The molecule has 11 nitrogen and oxygen atoms in total. The molecule has 0 aromatic carbocycles. The van der Waals surface area contributed by atoms with Gasteiger partial charge in [-0.3, -0.25) is 19.2 Å². The molecule has 2 atom stereocenters. The first kappa shape index (κ1) is 30.5. The number of carbonyl (C=O) groups excluding carboxylic acids is 1. The normalized spacial score (nSPS) is 12.1. The fourth-order valence-electron chi connectivity index (χ4n) is 2.51. The summed E-state index contributed by atoms with van der Waals surface area (Å²) in [6, 6.07) is -2.63. The van der Waals surface area contributed by atoms with E-state index in [2.05, 4.69) is 12.2 Å². The Balaban J connectivity index is 0. The molecule has 0 saturated heterocycles. The quantitative estimate of drug-likeness (QED) is 0.178. The maximum atomic E-state index is 11.6. The van der Waals surface area contributed by atoms with E-state index in [4.69, 9.17) is 26.2 Å². The number of amides is 1. The summed E-state index contributed by atoms with van der Waals surface area (Å²) in [5, 5.41) is 35.7. The molecule has 0 bridgehead atoms. The highest BCUT2D eigenvalue weighted by molar-refractivity contribution is 5.86. The zero-order valence-corrected chi connectivity index (χ0v) is 18.0. The van der Waals surface area contributed by atoms with Crippen molar-refractivity contribution in [3.63, 3.8) is 0 Å². The van der Waals surface area contributed by atoms with Crippen LogP contribution in [0.15, 0.2) is 0 Å². The SMILES string of the molecule is CCCCCCCCCCCC(=O)NC(CC(=O)O)C(=O)O.NC(CC(=O)O)C(=O)O. The standard InChI is InChI=1S/C16H29NO5.C4H7NO4/c1-2-3-4-5-6-7-8-9-10-11-14(18)17-13(16(21)22)12-15(19)20;5-2(4(8)9)1-3(6)7/h13H,2-12H2,1H3,(H,17,18)(H,19,20)(H,21,22);2H,1,5H2,(H,6,7)(H,8,9). The van der Waals surface area contributed by atoms with E-state index in [-0.39, 0.29) is 6.42 Å². The minimum Gasteiger partial charge on any atom is -0.481 e. The monoisotopic (exact) mass is 448 g/mol. The molecule has 1 amide bonds. The Hall–Kier alpha value is -2.69. The third-order valence-corrected chi connectivity index (χ3v) is 4.23. The average Bonchev–Trinajstić information content (AvgIpc) is 2.65. The first-order valence-corrected chi connectivity index (χ1v) is 10.4. The van der Waals surface area contributed by atoms with Gasteiger partial charge in [0.15, 0.2) is 0 Å². The van der Waals surface area contributed by atoms with Crippen LogP contribution in [-0.2, 0) is 24.0 Å². The maximum absolute atomic E-state index is 11.6. The van der Waals surface area contributed by atoms with Crippen LogP contribution in [0.1, 0.15) is 84.0 Å². The maximum Gasteiger partial charge on any atom is 0.326 e. The van der Waals surface area contributed by atoms with E-state index in [1.807, 2.05) is 0 Å². The number of carbonyl (C=O) groups is 5. The van der Waals surface area contributed by atoms with Crippen LogP contribution in [0.2, 0.25) is 0 Å². The summed E-state index contributed by atoms with van der Waals surface area (Å²) >= 11 is 0. The molecule has 7 N–H and O–H groups in total.